The van der Waals surface area contributed by atoms with Crippen LogP contribution in [-0.4, -0.2) is 110 Å². The Balaban J connectivity index is 1.88. The molecule has 1 unspecified atom stereocenters. The Morgan fingerprint density at radius 1 is 0.889 bits per heavy atom. The van der Waals surface area contributed by atoms with Gasteiger partial charge in [-0.05, 0) is 26.2 Å². The Bertz CT molecular complexity index is 627. The minimum Gasteiger partial charge on any atom is -0.342 e. The van der Waals surface area contributed by atoms with Gasteiger partial charge in [-0.2, -0.15) is 0 Å². The molecule has 152 valence electrons. The van der Waals surface area contributed by atoms with E-state index in [9.17, 15) is 14.4 Å². The van der Waals surface area contributed by atoms with E-state index in [0.29, 0.717) is 32.7 Å². The number of likely N-dealkylation sites (tertiary alicyclic amines) is 3. The molecule has 0 aromatic carbocycles. The number of carbonyl (C=O) groups is 3. The van der Waals surface area contributed by atoms with Gasteiger partial charge in [0.15, 0.2) is 0 Å². The minimum absolute atomic E-state index is 0.0195. The molecule has 3 heterocycles. The number of urea groups is 2. The van der Waals surface area contributed by atoms with E-state index < -0.39 is 5.41 Å². The van der Waals surface area contributed by atoms with E-state index in [2.05, 4.69) is 0 Å². The molecule has 0 radical (unpaired) electrons. The summed E-state index contributed by atoms with van der Waals surface area (Å²) < 4.78 is 0. The fourth-order valence-corrected chi connectivity index (χ4v) is 5.31. The summed E-state index contributed by atoms with van der Waals surface area (Å²) in [6, 6.07) is -0.00755. The number of hydrogen-bond donors (Lipinski definition) is 0. The van der Waals surface area contributed by atoms with Crippen molar-refractivity contribution in [3.8, 4) is 0 Å². The molecular formula is C19H33N5O3. The summed E-state index contributed by atoms with van der Waals surface area (Å²) in [7, 11) is 7.04. The molecule has 2 spiro atoms. The van der Waals surface area contributed by atoms with Crippen molar-refractivity contribution < 1.29 is 14.4 Å². The van der Waals surface area contributed by atoms with E-state index >= 15 is 0 Å². The van der Waals surface area contributed by atoms with Gasteiger partial charge in [-0.15, -0.1) is 0 Å². The van der Waals surface area contributed by atoms with Crippen LogP contribution in [0.3, 0.4) is 0 Å². The molecule has 1 atom stereocenters. The Hall–Kier alpha value is -1.99. The zero-order valence-corrected chi connectivity index (χ0v) is 17.3. The molecule has 27 heavy (non-hydrogen) atoms. The summed E-state index contributed by atoms with van der Waals surface area (Å²) in [5.74, 6) is 0.200. The lowest BCUT2D eigenvalue weighted by atomic mass is 9.60. The van der Waals surface area contributed by atoms with E-state index in [0.717, 1.165) is 25.8 Å². The number of carbonyl (C=O) groups excluding carboxylic acids is 3. The monoisotopic (exact) mass is 379 g/mol. The quantitative estimate of drug-likeness (QED) is 0.682. The van der Waals surface area contributed by atoms with Crippen LogP contribution >= 0.6 is 0 Å². The van der Waals surface area contributed by atoms with Gasteiger partial charge in [-0.1, -0.05) is 0 Å². The average molecular weight is 380 g/mol. The van der Waals surface area contributed by atoms with Gasteiger partial charge in [0.05, 0.1) is 5.41 Å². The molecule has 3 fully saturated rings. The molecule has 3 rings (SSSR count). The topological polar surface area (TPSA) is 67.4 Å². The van der Waals surface area contributed by atoms with Gasteiger partial charge >= 0.3 is 12.1 Å². The van der Waals surface area contributed by atoms with Crippen LogP contribution in [0.15, 0.2) is 0 Å². The van der Waals surface area contributed by atoms with Gasteiger partial charge in [0.1, 0.15) is 0 Å². The maximum Gasteiger partial charge on any atom is 0.319 e. The fraction of sp³-hybridized carbons (Fsp3) is 0.842. The van der Waals surface area contributed by atoms with E-state index in [1.54, 1.807) is 38.0 Å². The van der Waals surface area contributed by atoms with Crippen molar-refractivity contribution in [1.82, 2.24) is 24.5 Å². The number of fused-ring (bicyclic) bond motifs is 1. The van der Waals surface area contributed by atoms with Gasteiger partial charge in [-0.3, -0.25) is 4.79 Å². The van der Waals surface area contributed by atoms with E-state index in [1.807, 2.05) is 21.6 Å². The summed E-state index contributed by atoms with van der Waals surface area (Å²) in [5, 5.41) is 0. The van der Waals surface area contributed by atoms with Crippen LogP contribution in [0.2, 0.25) is 0 Å². The number of nitrogens with zero attached hydrogens (tertiary/aromatic N) is 5. The molecule has 0 saturated carbocycles. The SMILES string of the molecule is CCN1CCC2(CN(C(=O)N(C)C)CC23CCN(C(=O)N(C)C)CC3)C1=O. The summed E-state index contributed by atoms with van der Waals surface area (Å²) in [6.07, 6.45) is 2.35. The molecule has 3 aliphatic heterocycles. The Morgan fingerprint density at radius 2 is 1.44 bits per heavy atom. The highest BCUT2D eigenvalue weighted by molar-refractivity contribution is 5.88. The molecule has 3 aliphatic rings. The molecule has 5 amide bonds. The van der Waals surface area contributed by atoms with Crippen LogP contribution in [0, 0.1) is 10.8 Å². The van der Waals surface area contributed by atoms with Gasteiger partial charge in [0.2, 0.25) is 5.91 Å². The third kappa shape index (κ3) is 2.93. The van der Waals surface area contributed by atoms with Gasteiger partial charge in [0, 0.05) is 72.9 Å². The van der Waals surface area contributed by atoms with E-state index in [-0.39, 0.29) is 23.4 Å². The predicted molar refractivity (Wildman–Crippen MR) is 102 cm³/mol. The smallest absolute Gasteiger partial charge is 0.319 e. The minimum atomic E-state index is -0.498. The van der Waals surface area contributed by atoms with Crippen molar-refractivity contribution in [3.63, 3.8) is 0 Å². The van der Waals surface area contributed by atoms with Crippen molar-refractivity contribution in [1.29, 1.82) is 0 Å². The fourth-order valence-electron chi connectivity index (χ4n) is 5.31. The third-order valence-corrected chi connectivity index (χ3v) is 6.88. The van der Waals surface area contributed by atoms with Crippen LogP contribution in [0.25, 0.3) is 0 Å². The summed E-state index contributed by atoms with van der Waals surface area (Å²) in [6.45, 7) is 5.88. The first-order valence-electron chi connectivity index (χ1n) is 9.89. The van der Waals surface area contributed by atoms with Crippen molar-refractivity contribution in [3.05, 3.63) is 0 Å². The summed E-state index contributed by atoms with van der Waals surface area (Å²) >= 11 is 0. The predicted octanol–water partition coefficient (Wildman–Crippen LogP) is 0.986. The third-order valence-electron chi connectivity index (χ3n) is 6.88. The first kappa shape index (κ1) is 19.8. The molecule has 3 saturated heterocycles. The number of amides is 5. The Labute approximate surface area is 162 Å². The lowest BCUT2D eigenvalue weighted by Gasteiger charge is -2.47. The van der Waals surface area contributed by atoms with Gasteiger partial charge in [-0.25, -0.2) is 9.59 Å². The number of rotatable bonds is 1. The van der Waals surface area contributed by atoms with Crippen molar-refractivity contribution in [2.24, 2.45) is 10.8 Å². The Kier molecular flexibility index (Phi) is 5.03. The molecule has 0 bridgehead atoms. The first-order chi connectivity index (χ1) is 12.7. The van der Waals surface area contributed by atoms with Crippen LogP contribution in [0.1, 0.15) is 26.2 Å². The van der Waals surface area contributed by atoms with Gasteiger partial charge in [0.25, 0.3) is 0 Å². The lowest BCUT2D eigenvalue weighted by Crippen LogP contribution is -2.54. The second-order valence-corrected chi connectivity index (χ2v) is 8.69. The second-order valence-electron chi connectivity index (χ2n) is 8.69. The van der Waals surface area contributed by atoms with Crippen molar-refractivity contribution in [2.45, 2.75) is 26.2 Å². The average Bonchev–Trinajstić information content (AvgIpc) is 3.13. The van der Waals surface area contributed by atoms with Gasteiger partial charge < -0.3 is 24.5 Å². The van der Waals surface area contributed by atoms with Crippen LogP contribution < -0.4 is 0 Å². The molecule has 0 aromatic rings. The standard InChI is InChI=1S/C19H33N5O3/c1-6-22-12-9-19(15(22)25)14-24(17(27)21(4)5)13-18(19)7-10-23(11-8-18)16(26)20(2)3/h6-14H2,1-5H3. The zero-order valence-electron chi connectivity index (χ0n) is 17.3. The maximum absolute atomic E-state index is 13.4. The van der Waals surface area contributed by atoms with Crippen molar-refractivity contribution in [2.75, 3.05) is 67.5 Å². The molecule has 0 aromatic heterocycles. The van der Waals surface area contributed by atoms with Crippen LogP contribution in [-0.2, 0) is 4.79 Å². The maximum atomic E-state index is 13.4. The normalized spacial score (nSPS) is 27.0. The molecule has 8 nitrogen and oxygen atoms in total. The summed E-state index contributed by atoms with van der Waals surface area (Å²) in [5.41, 5.74) is -0.731. The van der Waals surface area contributed by atoms with Crippen molar-refractivity contribution >= 4 is 18.0 Å². The van der Waals surface area contributed by atoms with E-state index in [1.165, 1.54) is 0 Å². The second kappa shape index (κ2) is 6.87. The largest absolute Gasteiger partial charge is 0.342 e. The highest BCUT2D eigenvalue weighted by Gasteiger charge is 2.66. The molecule has 0 aliphatic carbocycles. The van der Waals surface area contributed by atoms with E-state index in [4.69, 9.17) is 0 Å². The lowest BCUT2D eigenvalue weighted by molar-refractivity contribution is -0.141. The van der Waals surface area contributed by atoms with Crippen LogP contribution in [0.5, 0.6) is 0 Å². The zero-order chi connectivity index (χ0) is 20.0. The molecule has 8 heteroatoms. The number of hydrogen-bond acceptors (Lipinski definition) is 3. The highest BCUT2D eigenvalue weighted by atomic mass is 16.2. The summed E-state index contributed by atoms with van der Waals surface area (Å²) in [4.78, 5) is 47.3. The number of piperidine rings is 1. The highest BCUT2D eigenvalue weighted by Crippen LogP contribution is 2.57. The Morgan fingerprint density at radius 3 is 1.93 bits per heavy atom. The first-order valence-corrected chi connectivity index (χ1v) is 9.89. The molecule has 0 N–H and O–H groups in total. The molecular weight excluding hydrogens is 346 g/mol. The van der Waals surface area contributed by atoms with Crippen LogP contribution in [0.4, 0.5) is 9.59 Å².